The van der Waals surface area contributed by atoms with Crippen molar-refractivity contribution >= 4 is 53.5 Å². The third kappa shape index (κ3) is 3.28. The van der Waals surface area contributed by atoms with Gasteiger partial charge in [-0.3, -0.25) is 0 Å². The van der Waals surface area contributed by atoms with Crippen molar-refractivity contribution < 1.29 is 4.74 Å². The molecule has 0 saturated carbocycles. The zero-order valence-corrected chi connectivity index (χ0v) is 14.0. The van der Waals surface area contributed by atoms with Crippen LogP contribution in [0.25, 0.3) is 0 Å². The third-order valence-electron chi connectivity index (χ3n) is 2.42. The highest BCUT2D eigenvalue weighted by atomic mass is 79.9. The second-order valence-electron chi connectivity index (χ2n) is 3.67. The van der Waals surface area contributed by atoms with E-state index in [4.69, 9.17) is 10.5 Å². The molecule has 0 bridgehead atoms. The minimum absolute atomic E-state index is 0.424. The van der Waals surface area contributed by atoms with Crippen LogP contribution in [-0.2, 0) is 6.61 Å². The molecule has 2 rings (SSSR count). The molecule has 0 amide bonds. The fourth-order valence-corrected chi connectivity index (χ4v) is 3.13. The molecule has 0 radical (unpaired) electrons. The van der Waals surface area contributed by atoms with Crippen molar-refractivity contribution in [3.63, 3.8) is 0 Å². The summed E-state index contributed by atoms with van der Waals surface area (Å²) in [6.45, 7) is 0.424. The Hall–Kier alpha value is -0.520. The van der Waals surface area contributed by atoms with E-state index in [-0.39, 0.29) is 0 Å². The first kappa shape index (κ1) is 13.9. The number of nitrogens with two attached hydrogens (primary N) is 1. The van der Waals surface area contributed by atoms with Gasteiger partial charge in [0.25, 0.3) is 0 Å². The van der Waals surface area contributed by atoms with Gasteiger partial charge in [0.15, 0.2) is 0 Å². The molecule has 0 aliphatic rings. The van der Waals surface area contributed by atoms with Gasteiger partial charge in [-0.15, -0.1) is 0 Å². The molecule has 0 aliphatic heterocycles. The summed E-state index contributed by atoms with van der Waals surface area (Å²) in [6.07, 6.45) is 0. The van der Waals surface area contributed by atoms with Crippen LogP contribution in [0.15, 0.2) is 49.8 Å². The number of hydrogen-bond acceptors (Lipinski definition) is 2. The van der Waals surface area contributed by atoms with Gasteiger partial charge in [-0.1, -0.05) is 37.9 Å². The summed E-state index contributed by atoms with van der Waals surface area (Å²) >= 11 is 10.3. The van der Waals surface area contributed by atoms with Crippen molar-refractivity contribution in [1.82, 2.24) is 0 Å². The van der Waals surface area contributed by atoms with Crippen LogP contribution in [-0.4, -0.2) is 0 Å². The van der Waals surface area contributed by atoms with Crippen LogP contribution in [0.3, 0.4) is 0 Å². The fraction of sp³-hybridized carbons (Fsp3) is 0.0769. The predicted molar refractivity (Wildman–Crippen MR) is 84.7 cm³/mol. The number of hydrogen-bond donors (Lipinski definition) is 1. The number of rotatable bonds is 3. The lowest BCUT2D eigenvalue weighted by Crippen LogP contribution is -2.01. The first-order valence-electron chi connectivity index (χ1n) is 5.18. The number of nitrogen functional groups attached to an aromatic ring is 1. The van der Waals surface area contributed by atoms with Gasteiger partial charge in [-0.05, 0) is 46.3 Å². The molecular formula is C13H10Br3NO. The summed E-state index contributed by atoms with van der Waals surface area (Å²) < 4.78 is 8.62. The maximum Gasteiger partial charge on any atom is 0.134 e. The lowest BCUT2D eigenvalue weighted by Gasteiger charge is -2.11. The van der Waals surface area contributed by atoms with Gasteiger partial charge in [-0.25, -0.2) is 0 Å². The zero-order valence-electron chi connectivity index (χ0n) is 9.29. The van der Waals surface area contributed by atoms with Gasteiger partial charge in [0.2, 0.25) is 0 Å². The smallest absolute Gasteiger partial charge is 0.134 e. The van der Waals surface area contributed by atoms with E-state index >= 15 is 0 Å². The molecule has 0 aromatic heterocycles. The van der Waals surface area contributed by atoms with E-state index in [1.165, 1.54) is 0 Å². The Labute approximate surface area is 131 Å². The van der Waals surface area contributed by atoms with Crippen molar-refractivity contribution in [3.8, 4) is 5.75 Å². The molecule has 2 aromatic rings. The molecule has 2 aromatic carbocycles. The van der Waals surface area contributed by atoms with Crippen molar-refractivity contribution in [2.75, 3.05) is 5.73 Å². The Morgan fingerprint density at radius 3 is 2.44 bits per heavy atom. The van der Waals surface area contributed by atoms with Crippen molar-refractivity contribution in [2.24, 2.45) is 0 Å². The van der Waals surface area contributed by atoms with Gasteiger partial charge in [0.05, 0.1) is 4.47 Å². The maximum absolute atomic E-state index is 5.92. The van der Waals surface area contributed by atoms with Crippen molar-refractivity contribution in [3.05, 3.63) is 55.4 Å². The normalized spacial score (nSPS) is 10.4. The van der Waals surface area contributed by atoms with Gasteiger partial charge >= 0.3 is 0 Å². The van der Waals surface area contributed by atoms with Crippen LogP contribution >= 0.6 is 47.8 Å². The Bertz CT molecular complexity index is 552. The third-order valence-corrected chi connectivity index (χ3v) is 4.28. The summed E-state index contributed by atoms with van der Waals surface area (Å²) in [5.41, 5.74) is 7.59. The fourth-order valence-electron chi connectivity index (χ4n) is 1.47. The minimum atomic E-state index is 0.424. The van der Waals surface area contributed by atoms with E-state index in [1.54, 1.807) is 0 Å². The quantitative estimate of drug-likeness (QED) is 0.678. The monoisotopic (exact) mass is 433 g/mol. The Balaban J connectivity index is 2.16. The summed E-state index contributed by atoms with van der Waals surface area (Å²) in [4.78, 5) is 0. The average Bonchev–Trinajstić information content (AvgIpc) is 2.31. The summed E-state index contributed by atoms with van der Waals surface area (Å²) in [7, 11) is 0. The van der Waals surface area contributed by atoms with Gasteiger partial charge in [-0.2, -0.15) is 0 Å². The highest BCUT2D eigenvalue weighted by molar-refractivity contribution is 9.11. The van der Waals surface area contributed by atoms with Crippen LogP contribution in [0.1, 0.15) is 5.56 Å². The average molecular weight is 436 g/mol. The van der Waals surface area contributed by atoms with E-state index in [2.05, 4.69) is 47.8 Å². The molecule has 5 heteroatoms. The van der Waals surface area contributed by atoms with Crippen LogP contribution in [0.2, 0.25) is 0 Å². The number of benzene rings is 2. The molecule has 2 N–H and O–H groups in total. The van der Waals surface area contributed by atoms with Crippen LogP contribution in [0.4, 0.5) is 5.69 Å². The molecule has 2 nitrogen and oxygen atoms in total. The predicted octanol–water partition coefficient (Wildman–Crippen LogP) is 5.14. The number of halogens is 3. The highest BCUT2D eigenvalue weighted by Crippen LogP contribution is 2.30. The standard InChI is InChI=1S/C13H10Br3NO/c14-8-4-5-13(11(16)6-8)18-7-9-10(15)2-1-3-12(9)17/h1-6H,7,17H2. The van der Waals surface area contributed by atoms with Crippen molar-refractivity contribution in [2.45, 2.75) is 6.61 Å². The Morgan fingerprint density at radius 1 is 1.00 bits per heavy atom. The summed E-state index contributed by atoms with van der Waals surface area (Å²) in [6, 6.07) is 11.5. The second kappa shape index (κ2) is 6.08. The lowest BCUT2D eigenvalue weighted by molar-refractivity contribution is 0.304. The second-order valence-corrected chi connectivity index (χ2v) is 6.30. The van der Waals surface area contributed by atoms with Gasteiger partial charge < -0.3 is 10.5 Å². The maximum atomic E-state index is 5.92. The van der Waals surface area contributed by atoms with Crippen molar-refractivity contribution in [1.29, 1.82) is 0 Å². The van der Waals surface area contributed by atoms with E-state index in [1.807, 2.05) is 36.4 Å². The van der Waals surface area contributed by atoms with Gasteiger partial charge in [0, 0.05) is 20.2 Å². The molecule has 0 fully saturated rings. The molecule has 94 valence electrons. The molecular weight excluding hydrogens is 426 g/mol. The molecule has 0 saturated heterocycles. The molecule has 0 aliphatic carbocycles. The van der Waals surface area contributed by atoms with Crippen LogP contribution < -0.4 is 10.5 Å². The molecule has 0 heterocycles. The number of ether oxygens (including phenoxy) is 1. The molecule has 0 unspecified atom stereocenters. The largest absolute Gasteiger partial charge is 0.488 e. The van der Waals surface area contributed by atoms with E-state index < -0.39 is 0 Å². The Kier molecular flexibility index (Phi) is 4.70. The summed E-state index contributed by atoms with van der Waals surface area (Å²) in [5.74, 6) is 0.786. The molecule has 0 spiro atoms. The topological polar surface area (TPSA) is 35.2 Å². The van der Waals surface area contributed by atoms with Crippen LogP contribution in [0.5, 0.6) is 5.75 Å². The zero-order chi connectivity index (χ0) is 13.1. The van der Waals surface area contributed by atoms with Crippen LogP contribution in [0, 0.1) is 0 Å². The highest BCUT2D eigenvalue weighted by Gasteiger charge is 2.07. The summed E-state index contributed by atoms with van der Waals surface area (Å²) in [5, 5.41) is 0. The van der Waals surface area contributed by atoms with E-state index in [9.17, 15) is 0 Å². The molecule has 18 heavy (non-hydrogen) atoms. The Morgan fingerprint density at radius 2 is 1.78 bits per heavy atom. The van der Waals surface area contributed by atoms with E-state index in [0.29, 0.717) is 6.61 Å². The molecule has 0 atom stereocenters. The van der Waals surface area contributed by atoms with Gasteiger partial charge in [0.1, 0.15) is 12.4 Å². The minimum Gasteiger partial charge on any atom is -0.488 e. The lowest BCUT2D eigenvalue weighted by atomic mass is 10.2. The van der Waals surface area contributed by atoms with E-state index in [0.717, 1.165) is 30.4 Å². The first-order chi connectivity index (χ1) is 8.58. The number of anilines is 1. The SMILES string of the molecule is Nc1cccc(Br)c1COc1ccc(Br)cc1Br. The first-order valence-corrected chi connectivity index (χ1v) is 7.56.